The van der Waals surface area contributed by atoms with Gasteiger partial charge in [-0.25, -0.2) is 9.78 Å². The van der Waals surface area contributed by atoms with Gasteiger partial charge in [-0.1, -0.05) is 13.3 Å². The molecule has 10 nitrogen and oxygen atoms in total. The number of fused-ring (bicyclic) bond motifs is 6. The van der Waals surface area contributed by atoms with Gasteiger partial charge in [0.2, 0.25) is 6.79 Å². The number of rotatable bonds is 6. The van der Waals surface area contributed by atoms with E-state index < -0.39 is 11.6 Å². The molecule has 2 N–H and O–H groups in total. The molecule has 3 aromatic rings. The lowest BCUT2D eigenvalue weighted by atomic mass is 9.86. The van der Waals surface area contributed by atoms with Crippen LogP contribution in [0.2, 0.25) is 0 Å². The van der Waals surface area contributed by atoms with Crippen molar-refractivity contribution in [1.29, 1.82) is 0 Å². The highest BCUT2D eigenvalue weighted by atomic mass is 16.7. The Labute approximate surface area is 225 Å². The van der Waals surface area contributed by atoms with Crippen molar-refractivity contribution >= 4 is 16.9 Å². The Bertz CT molecular complexity index is 1560. The summed E-state index contributed by atoms with van der Waals surface area (Å²) >= 11 is 0. The van der Waals surface area contributed by atoms with Crippen molar-refractivity contribution in [2.24, 2.45) is 0 Å². The Morgan fingerprint density at radius 2 is 1.85 bits per heavy atom. The van der Waals surface area contributed by atoms with E-state index in [-0.39, 0.29) is 25.4 Å². The molecule has 0 bridgehead atoms. The predicted molar refractivity (Wildman–Crippen MR) is 143 cm³/mol. The van der Waals surface area contributed by atoms with Crippen molar-refractivity contribution in [3.8, 4) is 22.9 Å². The molecule has 4 aliphatic rings. The van der Waals surface area contributed by atoms with Gasteiger partial charge in [-0.3, -0.25) is 4.79 Å². The number of hydrogen-bond donors (Lipinski definition) is 2. The minimum atomic E-state index is -1.85. The molecule has 0 spiro atoms. The first kappa shape index (κ1) is 24.6. The predicted octanol–water partition coefficient (Wildman–Crippen LogP) is 2.38. The number of benzene rings is 1. The van der Waals surface area contributed by atoms with Crippen LogP contribution in [0.25, 0.3) is 22.3 Å². The molecule has 0 unspecified atom stereocenters. The molecule has 39 heavy (non-hydrogen) atoms. The second-order valence-electron chi connectivity index (χ2n) is 10.8. The molecule has 4 aliphatic heterocycles. The number of piperidine rings is 1. The molecule has 0 amide bonds. The molecule has 1 saturated heterocycles. The van der Waals surface area contributed by atoms with E-state index in [1.54, 1.807) is 17.6 Å². The number of hydrogen-bond acceptors (Lipinski definition) is 9. The molecule has 204 valence electrons. The van der Waals surface area contributed by atoms with E-state index in [4.69, 9.17) is 19.2 Å². The number of ether oxygens (including phenoxy) is 3. The monoisotopic (exact) mass is 532 g/mol. The summed E-state index contributed by atoms with van der Waals surface area (Å²) in [6.07, 6.45) is 3.94. The zero-order valence-electron chi connectivity index (χ0n) is 22.0. The maximum absolute atomic E-state index is 13.7. The molecule has 6 heterocycles. The molecule has 7 rings (SSSR count). The Morgan fingerprint density at radius 1 is 1.05 bits per heavy atom. The minimum Gasteiger partial charge on any atom is -0.458 e. The summed E-state index contributed by atoms with van der Waals surface area (Å²) < 4.78 is 18.2. The van der Waals surface area contributed by atoms with Crippen LogP contribution in [0.5, 0.6) is 11.5 Å². The number of nitrogens with one attached hydrogen (secondary N) is 1. The lowest BCUT2D eigenvalue weighted by molar-refractivity contribution is -0.172. The van der Waals surface area contributed by atoms with Gasteiger partial charge in [0.05, 0.1) is 29.0 Å². The first-order valence-corrected chi connectivity index (χ1v) is 13.8. The zero-order chi connectivity index (χ0) is 26.7. The number of pyridine rings is 2. The molecule has 1 fully saturated rings. The summed E-state index contributed by atoms with van der Waals surface area (Å²) in [5.41, 5.74) is 2.57. The maximum atomic E-state index is 13.7. The van der Waals surface area contributed by atoms with Gasteiger partial charge in [-0.15, -0.1) is 0 Å². The summed E-state index contributed by atoms with van der Waals surface area (Å²) in [6.45, 7) is 6.85. The van der Waals surface area contributed by atoms with Crippen molar-refractivity contribution < 1.29 is 24.1 Å². The fraction of sp³-hybridized carbons (Fsp3) is 0.483. The average Bonchev–Trinajstić information content (AvgIpc) is 3.57. The third-order valence-electron chi connectivity index (χ3n) is 8.66. The Hall–Kier alpha value is -3.47. The van der Waals surface area contributed by atoms with Gasteiger partial charge in [-0.2, -0.15) is 0 Å². The van der Waals surface area contributed by atoms with E-state index in [0.29, 0.717) is 47.1 Å². The fourth-order valence-corrected chi connectivity index (χ4v) is 6.39. The van der Waals surface area contributed by atoms with Crippen molar-refractivity contribution in [2.45, 2.75) is 57.9 Å². The quantitative estimate of drug-likeness (QED) is 0.285. The van der Waals surface area contributed by atoms with Crippen LogP contribution in [-0.2, 0) is 34.8 Å². The van der Waals surface area contributed by atoms with Crippen LogP contribution in [0.1, 0.15) is 54.9 Å². The number of likely N-dealkylation sites (tertiary alicyclic amines) is 1. The van der Waals surface area contributed by atoms with E-state index >= 15 is 0 Å². The van der Waals surface area contributed by atoms with Crippen LogP contribution in [0, 0.1) is 0 Å². The molecule has 0 saturated carbocycles. The van der Waals surface area contributed by atoms with E-state index in [0.717, 1.165) is 48.2 Å². The highest BCUT2D eigenvalue weighted by molar-refractivity contribution is 5.91. The van der Waals surface area contributed by atoms with Crippen LogP contribution < -0.4 is 20.3 Å². The first-order valence-electron chi connectivity index (χ1n) is 13.8. The standard InChI is InChI=1S/C29H32N4O6/c1-2-29(36)21-11-23-26-19(14-33(23)27(34)20(21)15-37-28(29)35)18(13-30-6-9-32-7-4-3-5-8-32)17-10-24-25(39-16-38-24)12-22(17)31-26/h10-12,30,36H,2-9,13-16H2,1H3/t29-/m0/s1. The largest absolute Gasteiger partial charge is 0.458 e. The number of esters is 1. The smallest absolute Gasteiger partial charge is 0.343 e. The third-order valence-corrected chi connectivity index (χ3v) is 8.66. The molecule has 2 aromatic heterocycles. The number of carbonyl (C=O) groups is 1. The number of aliphatic hydroxyl groups is 1. The first-order chi connectivity index (χ1) is 19.0. The van der Waals surface area contributed by atoms with E-state index in [1.165, 1.54) is 19.3 Å². The Morgan fingerprint density at radius 3 is 2.64 bits per heavy atom. The van der Waals surface area contributed by atoms with Crippen molar-refractivity contribution in [3.63, 3.8) is 0 Å². The van der Waals surface area contributed by atoms with Gasteiger partial charge in [0.15, 0.2) is 17.1 Å². The lowest BCUT2D eigenvalue weighted by Gasteiger charge is -2.31. The van der Waals surface area contributed by atoms with Crippen LogP contribution in [-0.4, -0.2) is 58.5 Å². The number of cyclic esters (lactones) is 1. The lowest BCUT2D eigenvalue weighted by Crippen LogP contribution is -2.44. The van der Waals surface area contributed by atoms with Crippen molar-refractivity contribution in [2.75, 3.05) is 33.0 Å². The van der Waals surface area contributed by atoms with Crippen LogP contribution in [0.15, 0.2) is 23.0 Å². The highest BCUT2D eigenvalue weighted by Gasteiger charge is 2.45. The second-order valence-corrected chi connectivity index (χ2v) is 10.8. The second kappa shape index (κ2) is 9.32. The SMILES string of the molecule is CC[C@@]1(O)C(=O)OCc2c1cc1n(c2=O)Cc2c-1nc1cc3c(cc1c2CNCCN1CCCCC1)OCO3. The Kier molecular flexibility index (Phi) is 5.87. The summed E-state index contributed by atoms with van der Waals surface area (Å²) in [4.78, 5) is 33.7. The van der Waals surface area contributed by atoms with Crippen LogP contribution in [0.3, 0.4) is 0 Å². The number of carbonyl (C=O) groups excluding carboxylic acids is 1. The van der Waals surface area contributed by atoms with E-state index in [9.17, 15) is 14.7 Å². The summed E-state index contributed by atoms with van der Waals surface area (Å²) in [7, 11) is 0. The molecular formula is C29H32N4O6. The molecule has 10 heteroatoms. The number of aromatic nitrogens is 2. The van der Waals surface area contributed by atoms with Gasteiger partial charge >= 0.3 is 5.97 Å². The van der Waals surface area contributed by atoms with E-state index in [2.05, 4.69) is 10.2 Å². The molecule has 0 radical (unpaired) electrons. The molecule has 1 aromatic carbocycles. The van der Waals surface area contributed by atoms with E-state index in [1.807, 2.05) is 12.1 Å². The Balaban J connectivity index is 1.32. The van der Waals surface area contributed by atoms with Gasteiger partial charge in [-0.05, 0) is 50.0 Å². The topological polar surface area (TPSA) is 115 Å². The minimum absolute atomic E-state index is 0.107. The summed E-state index contributed by atoms with van der Waals surface area (Å²) in [5.74, 6) is 0.603. The van der Waals surface area contributed by atoms with Gasteiger partial charge in [0, 0.05) is 42.2 Å². The van der Waals surface area contributed by atoms with Gasteiger partial charge in [0.1, 0.15) is 6.61 Å². The molecular weight excluding hydrogens is 500 g/mol. The van der Waals surface area contributed by atoms with Crippen molar-refractivity contribution in [3.05, 3.63) is 50.8 Å². The van der Waals surface area contributed by atoms with Crippen molar-refractivity contribution in [1.82, 2.24) is 19.8 Å². The molecule has 1 atom stereocenters. The maximum Gasteiger partial charge on any atom is 0.343 e. The summed E-state index contributed by atoms with van der Waals surface area (Å²) in [5, 5.41) is 15.8. The normalized spacial score (nSPS) is 21.5. The van der Waals surface area contributed by atoms with Crippen LogP contribution in [0.4, 0.5) is 0 Å². The molecule has 0 aliphatic carbocycles. The number of nitrogens with zero attached hydrogens (tertiary/aromatic N) is 3. The third kappa shape index (κ3) is 3.84. The zero-order valence-corrected chi connectivity index (χ0v) is 22.0. The highest BCUT2D eigenvalue weighted by Crippen LogP contribution is 2.43. The van der Waals surface area contributed by atoms with Gasteiger partial charge < -0.3 is 34.1 Å². The van der Waals surface area contributed by atoms with Crippen LogP contribution >= 0.6 is 0 Å². The average molecular weight is 533 g/mol. The van der Waals surface area contributed by atoms with Gasteiger partial charge in [0.25, 0.3) is 5.56 Å². The fourth-order valence-electron chi connectivity index (χ4n) is 6.39. The summed E-state index contributed by atoms with van der Waals surface area (Å²) in [6, 6.07) is 5.62.